The highest BCUT2D eigenvalue weighted by atomic mass is 35.5. The zero-order chi connectivity index (χ0) is 12.1. The summed E-state index contributed by atoms with van der Waals surface area (Å²) in [5.74, 6) is 0. The fourth-order valence-electron chi connectivity index (χ4n) is 2.68. The van der Waals surface area contributed by atoms with Crippen LogP contribution in [0, 0.1) is 0 Å². The van der Waals surface area contributed by atoms with Gasteiger partial charge in [-0.25, -0.2) is 0 Å². The number of aryl methyl sites for hydroxylation is 1. The van der Waals surface area contributed by atoms with Crippen molar-refractivity contribution in [1.29, 1.82) is 0 Å². The lowest BCUT2D eigenvalue weighted by Crippen LogP contribution is -2.40. The van der Waals surface area contributed by atoms with Crippen LogP contribution in [0.2, 0.25) is 0 Å². The van der Waals surface area contributed by atoms with E-state index >= 15 is 0 Å². The summed E-state index contributed by atoms with van der Waals surface area (Å²) in [5.41, 5.74) is 7.03. The number of piperidine rings is 1. The second kappa shape index (κ2) is 7.77. The second-order valence-electron chi connectivity index (χ2n) is 4.90. The lowest BCUT2D eigenvalue weighted by Gasteiger charge is -2.35. The molecule has 1 aromatic heterocycles. The van der Waals surface area contributed by atoms with E-state index in [9.17, 15) is 0 Å². The molecular weight excluding hydrogens is 248 g/mol. The van der Waals surface area contributed by atoms with Crippen molar-refractivity contribution >= 4 is 12.4 Å². The van der Waals surface area contributed by atoms with Gasteiger partial charge >= 0.3 is 0 Å². The molecule has 0 radical (unpaired) electrons. The van der Waals surface area contributed by atoms with Crippen molar-refractivity contribution < 1.29 is 0 Å². The van der Waals surface area contributed by atoms with Crippen molar-refractivity contribution in [2.75, 3.05) is 13.1 Å². The van der Waals surface area contributed by atoms with Crippen LogP contribution in [0.15, 0.2) is 12.4 Å². The number of likely N-dealkylation sites (tertiary alicyclic amines) is 1. The minimum absolute atomic E-state index is 0. The lowest BCUT2D eigenvalue weighted by molar-refractivity contribution is 0.134. The molecule has 0 aromatic carbocycles. The molecule has 0 bridgehead atoms. The molecule has 1 atom stereocenters. The highest BCUT2D eigenvalue weighted by Gasteiger charge is 2.21. The van der Waals surface area contributed by atoms with Crippen LogP contribution in [0.5, 0.6) is 0 Å². The van der Waals surface area contributed by atoms with Crippen LogP contribution in [0.4, 0.5) is 0 Å². The van der Waals surface area contributed by atoms with Gasteiger partial charge in [-0.05, 0) is 39.3 Å². The average Bonchev–Trinajstić information content (AvgIpc) is 2.80. The van der Waals surface area contributed by atoms with Gasteiger partial charge in [0.2, 0.25) is 0 Å². The predicted octanol–water partition coefficient (Wildman–Crippen LogP) is 2.03. The molecule has 2 N–H and O–H groups in total. The summed E-state index contributed by atoms with van der Waals surface area (Å²) in [6.45, 7) is 6.11. The van der Waals surface area contributed by atoms with E-state index in [0.717, 1.165) is 26.1 Å². The van der Waals surface area contributed by atoms with Gasteiger partial charge in [0, 0.05) is 30.9 Å². The Balaban J connectivity index is 0.00000162. The first-order valence-electron chi connectivity index (χ1n) is 6.79. The van der Waals surface area contributed by atoms with E-state index in [0.29, 0.717) is 6.04 Å². The number of nitrogens with zero attached hydrogens (tertiary/aromatic N) is 3. The van der Waals surface area contributed by atoms with E-state index in [1.54, 1.807) is 0 Å². The molecule has 1 aromatic rings. The number of nitrogens with two attached hydrogens (primary N) is 1. The van der Waals surface area contributed by atoms with Crippen LogP contribution >= 0.6 is 12.4 Å². The van der Waals surface area contributed by atoms with Crippen LogP contribution in [0.3, 0.4) is 0 Å². The molecule has 1 aliphatic heterocycles. The maximum absolute atomic E-state index is 5.70. The van der Waals surface area contributed by atoms with E-state index < -0.39 is 0 Å². The smallest absolute Gasteiger partial charge is 0.0534 e. The van der Waals surface area contributed by atoms with Gasteiger partial charge in [0.15, 0.2) is 0 Å². The number of rotatable bonds is 5. The summed E-state index contributed by atoms with van der Waals surface area (Å²) in [6, 6.07) is 0.679. The largest absolute Gasteiger partial charge is 0.330 e. The van der Waals surface area contributed by atoms with Crippen LogP contribution in [-0.4, -0.2) is 33.8 Å². The SMILES string of the molecule is CCn1cc(CN2CCCCC2CCN)cn1.Cl. The van der Waals surface area contributed by atoms with E-state index in [-0.39, 0.29) is 12.4 Å². The molecule has 0 spiro atoms. The van der Waals surface area contributed by atoms with Gasteiger partial charge in [0.25, 0.3) is 0 Å². The fraction of sp³-hybridized carbons (Fsp3) is 0.769. The highest BCUT2D eigenvalue weighted by Crippen LogP contribution is 2.21. The molecule has 1 unspecified atom stereocenters. The topological polar surface area (TPSA) is 47.1 Å². The molecule has 0 saturated carbocycles. The van der Waals surface area contributed by atoms with Crippen LogP contribution < -0.4 is 5.73 Å². The Labute approximate surface area is 116 Å². The Bertz CT molecular complexity index is 337. The van der Waals surface area contributed by atoms with Gasteiger partial charge in [0.05, 0.1) is 6.20 Å². The first-order valence-corrected chi connectivity index (χ1v) is 6.79. The minimum Gasteiger partial charge on any atom is -0.330 e. The molecule has 5 heteroatoms. The summed E-state index contributed by atoms with van der Waals surface area (Å²) < 4.78 is 2.00. The van der Waals surface area contributed by atoms with Crippen molar-refractivity contribution in [1.82, 2.24) is 14.7 Å². The van der Waals surface area contributed by atoms with E-state index in [2.05, 4.69) is 23.1 Å². The zero-order valence-corrected chi connectivity index (χ0v) is 12.0. The Morgan fingerprint density at radius 1 is 1.44 bits per heavy atom. The summed E-state index contributed by atoms with van der Waals surface area (Å²) >= 11 is 0. The van der Waals surface area contributed by atoms with E-state index in [1.807, 2.05) is 10.9 Å². The molecule has 2 rings (SSSR count). The molecule has 1 aliphatic rings. The second-order valence-corrected chi connectivity index (χ2v) is 4.90. The first-order chi connectivity index (χ1) is 8.33. The van der Waals surface area contributed by atoms with Gasteiger partial charge < -0.3 is 5.73 Å². The van der Waals surface area contributed by atoms with E-state index in [1.165, 1.54) is 31.4 Å². The zero-order valence-electron chi connectivity index (χ0n) is 11.2. The Morgan fingerprint density at radius 3 is 2.94 bits per heavy atom. The maximum atomic E-state index is 5.70. The minimum atomic E-state index is 0. The Morgan fingerprint density at radius 2 is 2.28 bits per heavy atom. The van der Waals surface area contributed by atoms with Crippen molar-refractivity contribution in [3.05, 3.63) is 18.0 Å². The Kier molecular flexibility index (Phi) is 6.68. The van der Waals surface area contributed by atoms with Gasteiger partial charge in [-0.3, -0.25) is 9.58 Å². The molecule has 4 nitrogen and oxygen atoms in total. The molecule has 0 aliphatic carbocycles. The first kappa shape index (κ1) is 15.5. The van der Waals surface area contributed by atoms with E-state index in [4.69, 9.17) is 5.73 Å². The summed E-state index contributed by atoms with van der Waals surface area (Å²) in [4.78, 5) is 2.58. The normalized spacial score (nSPS) is 20.7. The molecule has 0 amide bonds. The third kappa shape index (κ3) is 3.97. The monoisotopic (exact) mass is 272 g/mol. The third-order valence-electron chi connectivity index (χ3n) is 3.65. The summed E-state index contributed by atoms with van der Waals surface area (Å²) in [5, 5.41) is 4.34. The molecule has 2 heterocycles. The van der Waals surface area contributed by atoms with Gasteiger partial charge in [0.1, 0.15) is 0 Å². The maximum Gasteiger partial charge on any atom is 0.0534 e. The van der Waals surface area contributed by atoms with Crippen LogP contribution in [0.1, 0.15) is 38.2 Å². The number of halogens is 1. The summed E-state index contributed by atoms with van der Waals surface area (Å²) in [6.07, 6.45) is 9.27. The molecular formula is C13H25ClN4. The summed E-state index contributed by atoms with van der Waals surface area (Å²) in [7, 11) is 0. The van der Waals surface area contributed by atoms with Gasteiger partial charge in [-0.1, -0.05) is 6.42 Å². The van der Waals surface area contributed by atoms with Crippen molar-refractivity contribution in [3.8, 4) is 0 Å². The van der Waals surface area contributed by atoms with Gasteiger partial charge in [-0.15, -0.1) is 12.4 Å². The quantitative estimate of drug-likeness (QED) is 0.892. The van der Waals surface area contributed by atoms with Gasteiger partial charge in [-0.2, -0.15) is 5.10 Å². The third-order valence-corrected chi connectivity index (χ3v) is 3.65. The number of aromatic nitrogens is 2. The predicted molar refractivity (Wildman–Crippen MR) is 76.9 cm³/mol. The average molecular weight is 273 g/mol. The molecule has 1 fully saturated rings. The van der Waals surface area contributed by atoms with Crippen molar-refractivity contribution in [2.45, 2.75) is 51.7 Å². The standard InChI is InChI=1S/C13H24N4.ClH/c1-2-17-11-12(9-15-17)10-16-8-4-3-5-13(16)6-7-14;/h9,11,13H,2-8,10,14H2,1H3;1H. The van der Waals surface area contributed by atoms with Crippen molar-refractivity contribution in [3.63, 3.8) is 0 Å². The lowest BCUT2D eigenvalue weighted by atomic mass is 9.99. The molecule has 104 valence electrons. The number of hydrogen-bond acceptors (Lipinski definition) is 3. The van der Waals surface area contributed by atoms with Crippen molar-refractivity contribution in [2.24, 2.45) is 5.73 Å². The van der Waals surface area contributed by atoms with Crippen LogP contribution in [0.25, 0.3) is 0 Å². The highest BCUT2D eigenvalue weighted by molar-refractivity contribution is 5.85. The number of hydrogen-bond donors (Lipinski definition) is 1. The van der Waals surface area contributed by atoms with Crippen LogP contribution in [-0.2, 0) is 13.1 Å². The molecule has 18 heavy (non-hydrogen) atoms. The fourth-order valence-corrected chi connectivity index (χ4v) is 2.68. The Hall–Kier alpha value is -0.580. The molecule has 1 saturated heterocycles.